The van der Waals surface area contributed by atoms with Gasteiger partial charge in [-0.25, -0.2) is 9.67 Å². The van der Waals surface area contributed by atoms with Crippen LogP contribution in [0.25, 0.3) is 0 Å². The highest BCUT2D eigenvalue weighted by atomic mass is 16.2. The van der Waals surface area contributed by atoms with Crippen LogP contribution >= 0.6 is 0 Å². The third-order valence-electron chi connectivity index (χ3n) is 4.87. The molecule has 1 saturated carbocycles. The second-order valence-electron chi connectivity index (χ2n) is 7.41. The number of nitrogens with one attached hydrogen (secondary N) is 1. The van der Waals surface area contributed by atoms with Gasteiger partial charge in [-0.05, 0) is 31.2 Å². The van der Waals surface area contributed by atoms with Gasteiger partial charge in [0.1, 0.15) is 5.82 Å². The van der Waals surface area contributed by atoms with Gasteiger partial charge in [0, 0.05) is 24.7 Å². The van der Waals surface area contributed by atoms with Gasteiger partial charge in [-0.1, -0.05) is 13.8 Å². The summed E-state index contributed by atoms with van der Waals surface area (Å²) in [4.78, 5) is 33.5. The monoisotopic (exact) mass is 341 g/mol. The molecule has 2 aromatic heterocycles. The first-order valence-corrected chi connectivity index (χ1v) is 8.97. The summed E-state index contributed by atoms with van der Waals surface area (Å²) in [6.45, 7) is 5.58. The lowest BCUT2D eigenvalue weighted by molar-refractivity contribution is 0.0578. The third kappa shape index (κ3) is 3.10. The first-order valence-electron chi connectivity index (χ1n) is 8.97. The Bertz CT molecular complexity index is 829. The Hall–Kier alpha value is -2.44. The number of aromatic nitrogens is 4. The van der Waals surface area contributed by atoms with Crippen LogP contribution in [0.1, 0.15) is 67.1 Å². The van der Waals surface area contributed by atoms with Gasteiger partial charge in [0.25, 0.3) is 5.91 Å². The molecule has 132 valence electrons. The average molecular weight is 341 g/mol. The fourth-order valence-corrected chi connectivity index (χ4v) is 3.43. The molecule has 0 saturated heterocycles. The van der Waals surface area contributed by atoms with E-state index < -0.39 is 0 Å². The SMILES string of the molecule is CC(C)C[C@H]1c2nc(C3CC3)nn2CCN1C(=O)c1ccc(=O)[nH]c1. The van der Waals surface area contributed by atoms with E-state index in [9.17, 15) is 9.59 Å². The third-order valence-corrected chi connectivity index (χ3v) is 4.87. The summed E-state index contributed by atoms with van der Waals surface area (Å²) in [5.74, 6) is 2.70. The van der Waals surface area contributed by atoms with Gasteiger partial charge in [-0.2, -0.15) is 5.10 Å². The number of pyridine rings is 1. The van der Waals surface area contributed by atoms with E-state index >= 15 is 0 Å². The highest BCUT2D eigenvalue weighted by Gasteiger charge is 2.37. The van der Waals surface area contributed by atoms with Crippen LogP contribution in [0.15, 0.2) is 23.1 Å². The standard InChI is InChI=1S/C18H23N5O2/c1-11(2)9-14-17-20-16(12-3-4-12)21-23(17)8-7-22(14)18(25)13-5-6-15(24)19-10-13/h5-6,10-12,14H,3-4,7-9H2,1-2H3,(H,19,24)/t14-/m0/s1. The molecule has 7 heteroatoms. The van der Waals surface area contributed by atoms with E-state index in [2.05, 4.69) is 23.9 Å². The first-order chi connectivity index (χ1) is 12.0. The Morgan fingerprint density at radius 3 is 2.76 bits per heavy atom. The minimum absolute atomic E-state index is 0.0656. The molecular weight excluding hydrogens is 318 g/mol. The van der Waals surface area contributed by atoms with Crippen LogP contribution in [0.2, 0.25) is 0 Å². The molecule has 0 unspecified atom stereocenters. The predicted octanol–water partition coefficient (Wildman–Crippen LogP) is 2.09. The van der Waals surface area contributed by atoms with Gasteiger partial charge in [0.15, 0.2) is 5.82 Å². The normalized spacial score (nSPS) is 20.0. The molecule has 4 rings (SSSR count). The number of hydrogen-bond donors (Lipinski definition) is 1. The summed E-state index contributed by atoms with van der Waals surface area (Å²) in [6, 6.07) is 2.90. The van der Waals surface area contributed by atoms with Gasteiger partial charge in [-0.3, -0.25) is 9.59 Å². The van der Waals surface area contributed by atoms with Crippen LogP contribution < -0.4 is 5.56 Å². The van der Waals surface area contributed by atoms with Crippen LogP contribution in [0.4, 0.5) is 0 Å². The van der Waals surface area contributed by atoms with Crippen molar-refractivity contribution < 1.29 is 4.79 Å². The van der Waals surface area contributed by atoms with Crippen molar-refractivity contribution in [3.05, 3.63) is 45.9 Å². The molecule has 1 fully saturated rings. The summed E-state index contributed by atoms with van der Waals surface area (Å²) >= 11 is 0. The molecule has 2 aromatic rings. The number of fused-ring (bicyclic) bond motifs is 1. The second-order valence-corrected chi connectivity index (χ2v) is 7.41. The largest absolute Gasteiger partial charge is 0.328 e. The predicted molar refractivity (Wildman–Crippen MR) is 92.3 cm³/mol. The van der Waals surface area contributed by atoms with Crippen molar-refractivity contribution in [3.63, 3.8) is 0 Å². The Kier molecular flexibility index (Phi) is 3.94. The Labute approximate surface area is 146 Å². The number of aromatic amines is 1. The molecule has 0 spiro atoms. The molecule has 1 aliphatic carbocycles. The number of carbonyl (C=O) groups is 1. The maximum atomic E-state index is 13.0. The zero-order valence-electron chi connectivity index (χ0n) is 14.6. The van der Waals surface area contributed by atoms with Crippen molar-refractivity contribution >= 4 is 5.91 Å². The molecule has 1 amide bonds. The van der Waals surface area contributed by atoms with Crippen molar-refractivity contribution in [3.8, 4) is 0 Å². The topological polar surface area (TPSA) is 83.9 Å². The molecule has 1 N–H and O–H groups in total. The molecule has 25 heavy (non-hydrogen) atoms. The lowest BCUT2D eigenvalue weighted by Crippen LogP contribution is -2.43. The van der Waals surface area contributed by atoms with Crippen LogP contribution in [0, 0.1) is 5.92 Å². The number of rotatable bonds is 4. The Morgan fingerprint density at radius 1 is 1.32 bits per heavy atom. The van der Waals surface area contributed by atoms with E-state index in [1.807, 2.05) is 9.58 Å². The molecule has 1 aliphatic heterocycles. The summed E-state index contributed by atoms with van der Waals surface area (Å²) < 4.78 is 1.98. The molecule has 3 heterocycles. The molecule has 7 nitrogen and oxygen atoms in total. The van der Waals surface area contributed by atoms with Crippen LogP contribution in [0.3, 0.4) is 0 Å². The lowest BCUT2D eigenvalue weighted by atomic mass is 9.99. The molecule has 0 aromatic carbocycles. The zero-order chi connectivity index (χ0) is 17.6. The van der Waals surface area contributed by atoms with Gasteiger partial charge in [-0.15, -0.1) is 0 Å². The summed E-state index contributed by atoms with van der Waals surface area (Å²) in [6.07, 6.45) is 4.67. The molecule has 1 atom stereocenters. The quantitative estimate of drug-likeness (QED) is 0.923. The Morgan fingerprint density at radius 2 is 2.12 bits per heavy atom. The molecule has 0 radical (unpaired) electrons. The van der Waals surface area contributed by atoms with Gasteiger partial charge in [0.05, 0.1) is 18.2 Å². The number of H-pyrrole nitrogens is 1. The summed E-state index contributed by atoms with van der Waals surface area (Å²) in [5, 5.41) is 4.67. The van der Waals surface area contributed by atoms with E-state index in [0.717, 1.165) is 18.1 Å². The van der Waals surface area contributed by atoms with Crippen LogP contribution in [-0.4, -0.2) is 37.1 Å². The van der Waals surface area contributed by atoms with Crippen molar-refractivity contribution in [2.45, 2.75) is 51.6 Å². The number of nitrogens with zero attached hydrogens (tertiary/aromatic N) is 4. The van der Waals surface area contributed by atoms with E-state index in [4.69, 9.17) is 4.98 Å². The van der Waals surface area contributed by atoms with Crippen molar-refractivity contribution in [2.75, 3.05) is 6.54 Å². The first kappa shape index (κ1) is 16.1. The number of hydrogen-bond acceptors (Lipinski definition) is 4. The Balaban J connectivity index is 1.67. The second kappa shape index (κ2) is 6.13. The van der Waals surface area contributed by atoms with Crippen LogP contribution in [-0.2, 0) is 6.54 Å². The van der Waals surface area contributed by atoms with E-state index in [1.165, 1.54) is 25.1 Å². The van der Waals surface area contributed by atoms with Gasteiger partial charge >= 0.3 is 0 Å². The summed E-state index contributed by atoms with van der Waals surface area (Å²) in [7, 11) is 0. The van der Waals surface area contributed by atoms with Crippen LogP contribution in [0.5, 0.6) is 0 Å². The van der Waals surface area contributed by atoms with E-state index in [0.29, 0.717) is 30.5 Å². The lowest BCUT2D eigenvalue weighted by Gasteiger charge is -2.36. The minimum atomic E-state index is -0.206. The van der Waals surface area contributed by atoms with Gasteiger partial charge < -0.3 is 9.88 Å². The average Bonchev–Trinajstić information content (AvgIpc) is 3.34. The van der Waals surface area contributed by atoms with Crippen molar-refractivity contribution in [1.82, 2.24) is 24.6 Å². The number of amides is 1. The fourth-order valence-electron chi connectivity index (χ4n) is 3.43. The van der Waals surface area contributed by atoms with E-state index in [-0.39, 0.29) is 17.5 Å². The molecular formula is C18H23N5O2. The highest BCUT2D eigenvalue weighted by molar-refractivity contribution is 5.94. The number of carbonyl (C=O) groups excluding carboxylic acids is 1. The highest BCUT2D eigenvalue weighted by Crippen LogP contribution is 2.40. The van der Waals surface area contributed by atoms with E-state index in [1.54, 1.807) is 6.07 Å². The summed E-state index contributed by atoms with van der Waals surface area (Å²) in [5.41, 5.74) is 0.298. The zero-order valence-corrected chi connectivity index (χ0v) is 14.6. The maximum Gasteiger partial charge on any atom is 0.256 e. The van der Waals surface area contributed by atoms with Crippen molar-refractivity contribution in [1.29, 1.82) is 0 Å². The minimum Gasteiger partial charge on any atom is -0.328 e. The molecule has 2 aliphatic rings. The smallest absolute Gasteiger partial charge is 0.256 e. The maximum absolute atomic E-state index is 13.0. The molecule has 0 bridgehead atoms. The van der Waals surface area contributed by atoms with Crippen molar-refractivity contribution in [2.24, 2.45) is 5.92 Å². The fraction of sp³-hybridized carbons (Fsp3) is 0.556. The van der Waals surface area contributed by atoms with Gasteiger partial charge in [0.2, 0.25) is 5.56 Å².